The van der Waals surface area contributed by atoms with Crippen molar-refractivity contribution in [3.05, 3.63) is 30.1 Å². The highest BCUT2D eigenvalue weighted by Crippen LogP contribution is 2.07. The Hall–Kier alpha value is -1.45. The summed E-state index contributed by atoms with van der Waals surface area (Å²) in [6.07, 6.45) is 2.88. The Labute approximate surface area is 81.6 Å². The van der Waals surface area contributed by atoms with E-state index in [4.69, 9.17) is 5.11 Å². The Morgan fingerprint density at radius 1 is 1.64 bits per heavy atom. The molecule has 1 aromatic heterocycles. The summed E-state index contributed by atoms with van der Waals surface area (Å²) in [5, 5.41) is 8.29. The molecule has 1 aromatic rings. The average Bonchev–Trinajstić information content (AvgIpc) is 2.19. The third kappa shape index (κ3) is 3.51. The van der Waals surface area contributed by atoms with Crippen molar-refractivity contribution >= 4 is 5.97 Å². The molecule has 0 fully saturated rings. The van der Waals surface area contributed by atoms with Crippen LogP contribution in [0.25, 0.3) is 0 Å². The molecule has 14 heavy (non-hydrogen) atoms. The van der Waals surface area contributed by atoms with E-state index in [2.05, 4.69) is 4.98 Å². The first kappa shape index (κ1) is 10.6. The van der Waals surface area contributed by atoms with Crippen molar-refractivity contribution in [3.63, 3.8) is 0 Å². The molecule has 0 spiro atoms. The molecule has 4 heteroatoms. The maximum atomic E-state index is 12.6. The number of nitrogens with zero attached hydrogens (tertiary/aromatic N) is 1. The van der Waals surface area contributed by atoms with Gasteiger partial charge in [0.15, 0.2) is 6.17 Å². The van der Waals surface area contributed by atoms with Crippen LogP contribution in [0.1, 0.15) is 18.4 Å². The van der Waals surface area contributed by atoms with E-state index in [1.165, 1.54) is 0 Å². The van der Waals surface area contributed by atoms with Crippen molar-refractivity contribution in [2.45, 2.75) is 25.4 Å². The van der Waals surface area contributed by atoms with Crippen molar-refractivity contribution < 1.29 is 14.3 Å². The predicted octanol–water partition coefficient (Wildman–Crippen LogP) is 1.83. The lowest BCUT2D eigenvalue weighted by Gasteiger charge is -2.02. The van der Waals surface area contributed by atoms with Gasteiger partial charge in [0.25, 0.3) is 0 Å². The number of halogens is 1. The summed E-state index contributed by atoms with van der Waals surface area (Å²) in [7, 11) is 0. The fraction of sp³-hybridized carbons (Fsp3) is 0.400. The Morgan fingerprint density at radius 2 is 2.43 bits per heavy atom. The van der Waals surface area contributed by atoms with Gasteiger partial charge < -0.3 is 5.11 Å². The lowest BCUT2D eigenvalue weighted by molar-refractivity contribution is -0.143. The molecule has 0 aromatic carbocycles. The number of aryl methyl sites for hydroxylation is 1. The van der Waals surface area contributed by atoms with Gasteiger partial charge in [0, 0.05) is 12.4 Å². The Balaban J connectivity index is 2.26. The van der Waals surface area contributed by atoms with Crippen molar-refractivity contribution in [1.29, 1.82) is 0 Å². The van der Waals surface area contributed by atoms with Gasteiger partial charge in [-0.05, 0) is 30.9 Å². The molecule has 1 atom stereocenters. The van der Waals surface area contributed by atoms with Gasteiger partial charge in [-0.2, -0.15) is 0 Å². The van der Waals surface area contributed by atoms with Crippen LogP contribution in [0, 0.1) is 0 Å². The fourth-order valence-electron chi connectivity index (χ4n) is 1.15. The van der Waals surface area contributed by atoms with E-state index in [9.17, 15) is 9.18 Å². The minimum Gasteiger partial charge on any atom is -0.479 e. The average molecular weight is 197 g/mol. The van der Waals surface area contributed by atoms with Crippen LogP contribution in [0.15, 0.2) is 24.5 Å². The summed E-state index contributed by atoms with van der Waals surface area (Å²) in [6.45, 7) is 0. The van der Waals surface area contributed by atoms with Crippen molar-refractivity contribution in [2.75, 3.05) is 0 Å². The normalized spacial score (nSPS) is 12.4. The zero-order valence-corrected chi connectivity index (χ0v) is 7.69. The number of rotatable bonds is 5. The number of aromatic nitrogens is 1. The lowest BCUT2D eigenvalue weighted by Crippen LogP contribution is -2.14. The molecule has 1 N–H and O–H groups in total. The highest BCUT2D eigenvalue weighted by Gasteiger charge is 2.14. The fourth-order valence-corrected chi connectivity index (χ4v) is 1.15. The lowest BCUT2D eigenvalue weighted by atomic mass is 10.1. The number of hydrogen-bond donors (Lipinski definition) is 1. The second kappa shape index (κ2) is 5.32. The van der Waals surface area contributed by atoms with Crippen LogP contribution in [0.4, 0.5) is 4.39 Å². The monoisotopic (exact) mass is 197 g/mol. The van der Waals surface area contributed by atoms with E-state index in [1.54, 1.807) is 18.5 Å². The minimum absolute atomic E-state index is 0.0597. The minimum atomic E-state index is -1.74. The molecular formula is C10H12FNO2. The Bertz CT molecular complexity index is 289. The Morgan fingerprint density at radius 3 is 3.00 bits per heavy atom. The van der Waals surface area contributed by atoms with Crippen LogP contribution in [0.2, 0.25) is 0 Å². The molecule has 0 radical (unpaired) electrons. The molecule has 76 valence electrons. The molecule has 3 nitrogen and oxygen atoms in total. The first-order valence-corrected chi connectivity index (χ1v) is 4.46. The molecule has 0 saturated carbocycles. The van der Waals surface area contributed by atoms with Crippen LogP contribution < -0.4 is 0 Å². The Kier molecular flexibility index (Phi) is 4.04. The summed E-state index contributed by atoms with van der Waals surface area (Å²) < 4.78 is 12.6. The SMILES string of the molecule is O=C(O)[C@H](F)CCCc1cccnc1. The van der Waals surface area contributed by atoms with Gasteiger partial charge in [-0.15, -0.1) is 0 Å². The highest BCUT2D eigenvalue weighted by molar-refractivity contribution is 5.71. The molecule has 1 heterocycles. The first-order chi connectivity index (χ1) is 6.70. The van der Waals surface area contributed by atoms with Gasteiger partial charge in [-0.1, -0.05) is 6.07 Å². The summed E-state index contributed by atoms with van der Waals surface area (Å²) in [5.74, 6) is -1.38. The predicted molar refractivity (Wildman–Crippen MR) is 49.7 cm³/mol. The van der Waals surface area contributed by atoms with Crippen molar-refractivity contribution in [2.24, 2.45) is 0 Å². The number of pyridine rings is 1. The van der Waals surface area contributed by atoms with Crippen LogP contribution >= 0.6 is 0 Å². The van der Waals surface area contributed by atoms with Crippen LogP contribution in [-0.2, 0) is 11.2 Å². The molecular weight excluding hydrogens is 185 g/mol. The molecule has 0 aliphatic carbocycles. The summed E-state index contributed by atoms with van der Waals surface area (Å²) in [4.78, 5) is 14.1. The number of carbonyl (C=O) groups is 1. The summed E-state index contributed by atoms with van der Waals surface area (Å²) in [6, 6.07) is 3.69. The van der Waals surface area contributed by atoms with Gasteiger partial charge in [-0.3, -0.25) is 4.98 Å². The van der Waals surface area contributed by atoms with Gasteiger partial charge >= 0.3 is 5.97 Å². The third-order valence-electron chi connectivity index (χ3n) is 1.91. The topological polar surface area (TPSA) is 50.2 Å². The number of aliphatic carboxylic acids is 1. The van der Waals surface area contributed by atoms with E-state index >= 15 is 0 Å². The van der Waals surface area contributed by atoms with Gasteiger partial charge in [-0.25, -0.2) is 9.18 Å². The standard InChI is InChI=1S/C10H12FNO2/c11-9(10(13)14)5-1-3-8-4-2-6-12-7-8/h2,4,6-7,9H,1,3,5H2,(H,13,14)/t9-/m1/s1. The summed E-state index contributed by atoms with van der Waals surface area (Å²) in [5.41, 5.74) is 1.00. The van der Waals surface area contributed by atoms with Gasteiger partial charge in [0.05, 0.1) is 0 Å². The third-order valence-corrected chi connectivity index (χ3v) is 1.91. The molecule has 0 saturated heterocycles. The number of hydrogen-bond acceptors (Lipinski definition) is 2. The van der Waals surface area contributed by atoms with Crippen LogP contribution in [0.3, 0.4) is 0 Å². The van der Waals surface area contributed by atoms with Gasteiger partial charge in [0.2, 0.25) is 0 Å². The molecule has 0 aliphatic rings. The van der Waals surface area contributed by atoms with E-state index in [1.807, 2.05) is 6.07 Å². The second-order valence-corrected chi connectivity index (χ2v) is 3.06. The summed E-state index contributed by atoms with van der Waals surface area (Å²) >= 11 is 0. The number of carboxylic acids is 1. The second-order valence-electron chi connectivity index (χ2n) is 3.06. The van der Waals surface area contributed by atoms with Crippen LogP contribution in [-0.4, -0.2) is 22.2 Å². The van der Waals surface area contributed by atoms with Crippen molar-refractivity contribution in [3.8, 4) is 0 Å². The molecule has 0 unspecified atom stereocenters. The quantitative estimate of drug-likeness (QED) is 0.783. The molecule has 0 bridgehead atoms. The molecule has 1 rings (SSSR count). The first-order valence-electron chi connectivity index (χ1n) is 4.46. The highest BCUT2D eigenvalue weighted by atomic mass is 19.1. The largest absolute Gasteiger partial charge is 0.479 e. The van der Waals surface area contributed by atoms with E-state index < -0.39 is 12.1 Å². The smallest absolute Gasteiger partial charge is 0.338 e. The molecule has 0 aliphatic heterocycles. The van der Waals surface area contributed by atoms with Gasteiger partial charge in [0.1, 0.15) is 0 Å². The van der Waals surface area contributed by atoms with Crippen LogP contribution in [0.5, 0.6) is 0 Å². The zero-order chi connectivity index (χ0) is 10.4. The van der Waals surface area contributed by atoms with Crippen molar-refractivity contribution in [1.82, 2.24) is 4.98 Å². The zero-order valence-electron chi connectivity index (χ0n) is 7.69. The van der Waals surface area contributed by atoms with E-state index in [-0.39, 0.29) is 6.42 Å². The maximum absolute atomic E-state index is 12.6. The van der Waals surface area contributed by atoms with E-state index in [0.717, 1.165) is 5.56 Å². The molecule has 0 amide bonds. The number of alkyl halides is 1. The number of carboxylic acid groups (broad SMARTS) is 1. The maximum Gasteiger partial charge on any atom is 0.338 e. The van der Waals surface area contributed by atoms with E-state index in [0.29, 0.717) is 12.8 Å².